The van der Waals surface area contributed by atoms with E-state index in [1.54, 1.807) is 0 Å². The molecule has 3 rings (SSSR count). The van der Waals surface area contributed by atoms with Crippen molar-refractivity contribution in [2.45, 2.75) is 57.4 Å². The molecule has 1 saturated carbocycles. The van der Waals surface area contributed by atoms with Gasteiger partial charge in [0.1, 0.15) is 11.3 Å². The van der Waals surface area contributed by atoms with E-state index in [0.717, 1.165) is 30.6 Å². The van der Waals surface area contributed by atoms with Gasteiger partial charge in [0.05, 0.1) is 6.61 Å². The van der Waals surface area contributed by atoms with Gasteiger partial charge in [-0.2, -0.15) is 5.01 Å². The maximum Gasteiger partial charge on any atom is 0.344 e. The molecule has 1 saturated heterocycles. The number of imide groups is 1. The van der Waals surface area contributed by atoms with Crippen LogP contribution in [0.3, 0.4) is 0 Å². The molecule has 1 aliphatic carbocycles. The topological polar surface area (TPSA) is 114 Å². The number of carbonyl (C=O) groups excluding carboxylic acids is 4. The van der Waals surface area contributed by atoms with Gasteiger partial charge in [0, 0.05) is 6.42 Å². The number of hydrogen-bond donors (Lipinski definition) is 2. The predicted molar refractivity (Wildman–Crippen MR) is 106 cm³/mol. The van der Waals surface area contributed by atoms with Crippen LogP contribution in [-0.2, 0) is 19.1 Å². The third kappa shape index (κ3) is 5.28. The minimum atomic E-state index is -0.920. The Morgan fingerprint density at radius 3 is 2.70 bits per heavy atom. The number of rotatable bonds is 8. The normalized spacial score (nSPS) is 17.6. The highest BCUT2D eigenvalue weighted by Gasteiger charge is 2.52. The van der Waals surface area contributed by atoms with Crippen molar-refractivity contribution >= 4 is 23.8 Å². The number of amides is 4. The second-order valence-electron chi connectivity index (χ2n) is 7.68. The molecule has 9 heteroatoms. The maximum absolute atomic E-state index is 12.6. The zero-order valence-corrected chi connectivity index (χ0v) is 17.1. The average Bonchev–Trinajstić information content (AvgIpc) is 2.94. The lowest BCUT2D eigenvalue weighted by Gasteiger charge is -2.30. The van der Waals surface area contributed by atoms with E-state index in [-0.39, 0.29) is 6.42 Å². The summed E-state index contributed by atoms with van der Waals surface area (Å²) in [4.78, 5) is 48.5. The summed E-state index contributed by atoms with van der Waals surface area (Å²) in [7, 11) is 0. The standard InChI is InChI=1S/C21H27N3O6/c1-15-7-5-8-16(13-15)29-12-6-9-18(26)30-14-17(25)23-24-19(27)21(22-20(24)28)10-3-2-4-11-21/h5,7-8,13H,2-4,6,9-12,14H2,1H3,(H,22,28)(H,23,25). The van der Waals surface area contributed by atoms with Gasteiger partial charge in [-0.15, -0.1) is 0 Å². The lowest BCUT2D eigenvalue weighted by Crippen LogP contribution is -2.51. The van der Waals surface area contributed by atoms with Crippen LogP contribution in [0.2, 0.25) is 0 Å². The van der Waals surface area contributed by atoms with Crippen LogP contribution in [0, 0.1) is 6.92 Å². The summed E-state index contributed by atoms with van der Waals surface area (Å²) in [6, 6.07) is 6.93. The Kier molecular flexibility index (Phi) is 6.91. The van der Waals surface area contributed by atoms with Crippen LogP contribution in [-0.4, -0.2) is 47.6 Å². The highest BCUT2D eigenvalue weighted by Crippen LogP contribution is 2.32. The van der Waals surface area contributed by atoms with E-state index in [1.807, 2.05) is 31.2 Å². The smallest absolute Gasteiger partial charge is 0.344 e. The van der Waals surface area contributed by atoms with E-state index in [4.69, 9.17) is 9.47 Å². The largest absolute Gasteiger partial charge is 0.494 e. The molecule has 30 heavy (non-hydrogen) atoms. The molecule has 2 aliphatic rings. The second kappa shape index (κ2) is 9.60. The summed E-state index contributed by atoms with van der Waals surface area (Å²) in [5.41, 5.74) is 2.39. The number of benzene rings is 1. The Balaban J connectivity index is 1.35. The van der Waals surface area contributed by atoms with Gasteiger partial charge in [-0.1, -0.05) is 31.4 Å². The molecule has 9 nitrogen and oxygen atoms in total. The van der Waals surface area contributed by atoms with Gasteiger partial charge in [0.15, 0.2) is 6.61 Å². The fourth-order valence-electron chi connectivity index (χ4n) is 3.70. The molecular weight excluding hydrogens is 390 g/mol. The van der Waals surface area contributed by atoms with E-state index in [9.17, 15) is 19.2 Å². The number of nitrogens with zero attached hydrogens (tertiary/aromatic N) is 1. The van der Waals surface area contributed by atoms with Crippen LogP contribution in [0.1, 0.15) is 50.5 Å². The molecule has 2 fully saturated rings. The summed E-state index contributed by atoms with van der Waals surface area (Å²) in [5, 5.41) is 3.38. The predicted octanol–water partition coefficient (Wildman–Crippen LogP) is 1.98. The summed E-state index contributed by atoms with van der Waals surface area (Å²) < 4.78 is 10.5. The Morgan fingerprint density at radius 1 is 1.20 bits per heavy atom. The van der Waals surface area contributed by atoms with Crippen LogP contribution < -0.4 is 15.5 Å². The van der Waals surface area contributed by atoms with Crippen LogP contribution in [0.15, 0.2) is 24.3 Å². The van der Waals surface area contributed by atoms with Crippen molar-refractivity contribution in [2.75, 3.05) is 13.2 Å². The molecule has 0 bridgehead atoms. The molecule has 1 spiro atoms. The fourth-order valence-corrected chi connectivity index (χ4v) is 3.70. The van der Waals surface area contributed by atoms with Crippen LogP contribution in [0.25, 0.3) is 0 Å². The zero-order chi connectivity index (χ0) is 21.6. The summed E-state index contributed by atoms with van der Waals surface area (Å²) in [6.45, 7) is 1.74. The quantitative estimate of drug-likeness (QED) is 0.380. The van der Waals surface area contributed by atoms with E-state index in [0.29, 0.717) is 30.9 Å². The number of esters is 1. The van der Waals surface area contributed by atoms with Crippen LogP contribution >= 0.6 is 0 Å². The number of nitrogens with one attached hydrogen (secondary N) is 2. The Hall–Kier alpha value is -3.10. The monoisotopic (exact) mass is 417 g/mol. The van der Waals surface area contributed by atoms with Gasteiger partial charge in [-0.3, -0.25) is 19.8 Å². The molecule has 1 aromatic carbocycles. The first kappa shape index (κ1) is 21.6. The molecule has 1 aromatic rings. The maximum atomic E-state index is 12.6. The minimum absolute atomic E-state index is 0.0886. The molecule has 0 aromatic heterocycles. The summed E-state index contributed by atoms with van der Waals surface area (Å²) in [6.07, 6.45) is 4.35. The van der Waals surface area contributed by atoms with E-state index in [2.05, 4.69) is 10.7 Å². The van der Waals surface area contributed by atoms with Gasteiger partial charge >= 0.3 is 12.0 Å². The second-order valence-corrected chi connectivity index (χ2v) is 7.68. The molecule has 2 N–H and O–H groups in total. The third-order valence-corrected chi connectivity index (χ3v) is 5.25. The lowest BCUT2D eigenvalue weighted by molar-refractivity contribution is -0.151. The van der Waals surface area contributed by atoms with E-state index >= 15 is 0 Å². The summed E-state index contributed by atoms with van der Waals surface area (Å²) >= 11 is 0. The van der Waals surface area contributed by atoms with Crippen molar-refractivity contribution in [1.82, 2.24) is 15.8 Å². The van der Waals surface area contributed by atoms with Crippen molar-refractivity contribution in [3.63, 3.8) is 0 Å². The highest BCUT2D eigenvalue weighted by atomic mass is 16.5. The molecule has 0 unspecified atom stereocenters. The van der Waals surface area contributed by atoms with Gasteiger partial charge in [0.25, 0.3) is 11.8 Å². The third-order valence-electron chi connectivity index (χ3n) is 5.25. The first-order valence-corrected chi connectivity index (χ1v) is 10.2. The molecular formula is C21H27N3O6. The van der Waals surface area contributed by atoms with Crippen molar-refractivity contribution in [3.05, 3.63) is 29.8 Å². The first-order valence-electron chi connectivity index (χ1n) is 10.2. The fraction of sp³-hybridized carbons (Fsp3) is 0.524. The number of carbonyl (C=O) groups is 4. The van der Waals surface area contributed by atoms with Gasteiger partial charge in [0.2, 0.25) is 0 Å². The van der Waals surface area contributed by atoms with Gasteiger partial charge < -0.3 is 14.8 Å². The Morgan fingerprint density at radius 2 is 1.97 bits per heavy atom. The van der Waals surface area contributed by atoms with Crippen LogP contribution in [0.5, 0.6) is 5.75 Å². The number of aryl methyl sites for hydroxylation is 1. The minimum Gasteiger partial charge on any atom is -0.494 e. The van der Waals surface area contributed by atoms with Crippen molar-refractivity contribution < 1.29 is 28.7 Å². The SMILES string of the molecule is Cc1cccc(OCCCC(=O)OCC(=O)NN2C(=O)NC3(CCCCC3)C2=O)c1. The lowest BCUT2D eigenvalue weighted by atomic mass is 9.82. The number of hydrazine groups is 1. The van der Waals surface area contributed by atoms with Crippen LogP contribution in [0.4, 0.5) is 4.79 Å². The van der Waals surface area contributed by atoms with Gasteiger partial charge in [-0.25, -0.2) is 4.79 Å². The molecule has 1 aliphatic heterocycles. The van der Waals surface area contributed by atoms with Gasteiger partial charge in [-0.05, 0) is 43.9 Å². The molecule has 0 radical (unpaired) electrons. The number of ether oxygens (including phenoxy) is 2. The molecule has 0 atom stereocenters. The first-order chi connectivity index (χ1) is 14.4. The Bertz CT molecular complexity index is 819. The summed E-state index contributed by atoms with van der Waals surface area (Å²) in [5.74, 6) is -1.03. The van der Waals surface area contributed by atoms with Crippen molar-refractivity contribution in [3.8, 4) is 5.75 Å². The number of hydrogen-bond acceptors (Lipinski definition) is 6. The molecule has 4 amide bonds. The number of urea groups is 1. The molecule has 162 valence electrons. The van der Waals surface area contributed by atoms with E-state index < -0.39 is 36.0 Å². The van der Waals surface area contributed by atoms with E-state index in [1.165, 1.54) is 0 Å². The molecule has 1 heterocycles. The Labute approximate surface area is 175 Å². The van der Waals surface area contributed by atoms with Crippen molar-refractivity contribution in [1.29, 1.82) is 0 Å². The zero-order valence-electron chi connectivity index (χ0n) is 17.1. The van der Waals surface area contributed by atoms with Crippen molar-refractivity contribution in [2.24, 2.45) is 0 Å². The average molecular weight is 417 g/mol. The highest BCUT2D eigenvalue weighted by molar-refractivity contribution is 6.08.